The van der Waals surface area contributed by atoms with Crippen molar-refractivity contribution in [2.75, 3.05) is 5.73 Å². The van der Waals surface area contributed by atoms with E-state index in [1.165, 1.54) is 11.8 Å². The van der Waals surface area contributed by atoms with Crippen LogP contribution in [0.5, 0.6) is 0 Å². The summed E-state index contributed by atoms with van der Waals surface area (Å²) in [5.74, 6) is 4.78. The van der Waals surface area contributed by atoms with Gasteiger partial charge in [0, 0.05) is 15.6 Å². The number of hydrogen-bond donors (Lipinski definition) is 3. The van der Waals surface area contributed by atoms with Crippen molar-refractivity contribution in [2.45, 2.75) is 17.1 Å². The van der Waals surface area contributed by atoms with E-state index in [4.69, 9.17) is 23.2 Å². The van der Waals surface area contributed by atoms with Crippen LogP contribution < -0.4 is 17.0 Å². The number of carbonyl (C=O) groups excluding carboxylic acids is 1. The molecule has 0 aromatic heterocycles. The third-order valence-electron chi connectivity index (χ3n) is 1.79. The molecule has 1 aromatic rings. The fourth-order valence-electron chi connectivity index (χ4n) is 0.988. The molecule has 15 heavy (non-hydrogen) atoms. The van der Waals surface area contributed by atoms with Gasteiger partial charge >= 0.3 is 0 Å². The summed E-state index contributed by atoms with van der Waals surface area (Å²) >= 11 is 7.09. The molecular formula is C9H12ClN3OS. The molecule has 82 valence electrons. The Morgan fingerprint density at radius 1 is 1.60 bits per heavy atom. The third kappa shape index (κ3) is 3.30. The van der Waals surface area contributed by atoms with E-state index in [0.717, 1.165) is 4.90 Å². The fourth-order valence-corrected chi connectivity index (χ4v) is 2.07. The highest BCUT2D eigenvalue weighted by Gasteiger charge is 2.14. The van der Waals surface area contributed by atoms with Crippen molar-refractivity contribution in [1.29, 1.82) is 0 Å². The molecule has 6 heteroatoms. The molecule has 4 nitrogen and oxygen atoms in total. The van der Waals surface area contributed by atoms with Crippen LogP contribution in [-0.2, 0) is 4.79 Å². The first-order valence-electron chi connectivity index (χ1n) is 4.26. The van der Waals surface area contributed by atoms with Gasteiger partial charge in [-0.2, -0.15) is 0 Å². The van der Waals surface area contributed by atoms with Gasteiger partial charge in [0.2, 0.25) is 5.91 Å². The quantitative estimate of drug-likeness (QED) is 0.247. The zero-order valence-electron chi connectivity index (χ0n) is 8.16. The van der Waals surface area contributed by atoms with Crippen LogP contribution in [0.25, 0.3) is 0 Å². The highest BCUT2D eigenvalue weighted by Crippen LogP contribution is 2.30. The molecule has 1 amide bonds. The second-order valence-electron chi connectivity index (χ2n) is 2.95. The summed E-state index contributed by atoms with van der Waals surface area (Å²) in [6, 6.07) is 5.16. The Hall–Kier alpha value is -0.910. The van der Waals surface area contributed by atoms with Crippen molar-refractivity contribution in [2.24, 2.45) is 5.84 Å². The molecule has 0 aliphatic heterocycles. The lowest BCUT2D eigenvalue weighted by molar-refractivity contribution is -0.120. The van der Waals surface area contributed by atoms with E-state index in [1.807, 2.05) is 0 Å². The maximum Gasteiger partial charge on any atom is 0.247 e. The standard InChI is InChI=1S/C9H12ClN3OS/c1-5(9(14)13-12)15-8-3-2-6(10)4-7(8)11/h2-5H,11-12H2,1H3,(H,13,14). The average molecular weight is 246 g/mol. The van der Waals surface area contributed by atoms with Crippen LogP contribution in [0.4, 0.5) is 5.69 Å². The maximum absolute atomic E-state index is 11.2. The Labute approximate surface area is 97.3 Å². The van der Waals surface area contributed by atoms with Gasteiger partial charge in [-0.3, -0.25) is 10.2 Å². The van der Waals surface area contributed by atoms with Gasteiger partial charge in [-0.05, 0) is 25.1 Å². The topological polar surface area (TPSA) is 81.1 Å². The molecule has 1 atom stereocenters. The van der Waals surface area contributed by atoms with E-state index >= 15 is 0 Å². The summed E-state index contributed by atoms with van der Waals surface area (Å²) in [6.07, 6.45) is 0. The Balaban J connectivity index is 2.76. The maximum atomic E-state index is 11.2. The number of carbonyl (C=O) groups is 1. The fraction of sp³-hybridized carbons (Fsp3) is 0.222. The van der Waals surface area contributed by atoms with Crippen LogP contribution in [0, 0.1) is 0 Å². The predicted octanol–water partition coefficient (Wildman–Crippen LogP) is 1.39. The van der Waals surface area contributed by atoms with Crippen molar-refractivity contribution < 1.29 is 4.79 Å². The van der Waals surface area contributed by atoms with Crippen LogP contribution in [0.2, 0.25) is 5.02 Å². The molecule has 1 rings (SSSR count). The number of nitrogens with one attached hydrogen (secondary N) is 1. The second kappa shape index (κ2) is 5.25. The molecule has 0 saturated heterocycles. The number of anilines is 1. The molecule has 0 radical (unpaired) electrons. The second-order valence-corrected chi connectivity index (χ2v) is 4.77. The molecule has 0 heterocycles. The Morgan fingerprint density at radius 2 is 2.27 bits per heavy atom. The average Bonchev–Trinajstić information content (AvgIpc) is 2.20. The van der Waals surface area contributed by atoms with E-state index in [1.54, 1.807) is 25.1 Å². The number of hydrogen-bond acceptors (Lipinski definition) is 4. The van der Waals surface area contributed by atoms with Gasteiger partial charge in [-0.1, -0.05) is 11.6 Å². The normalized spacial score (nSPS) is 12.2. The van der Waals surface area contributed by atoms with E-state index in [-0.39, 0.29) is 11.2 Å². The van der Waals surface area contributed by atoms with E-state index in [9.17, 15) is 4.79 Å². The predicted molar refractivity (Wildman–Crippen MR) is 63.5 cm³/mol. The smallest absolute Gasteiger partial charge is 0.247 e. The van der Waals surface area contributed by atoms with Crippen molar-refractivity contribution in [3.8, 4) is 0 Å². The molecular weight excluding hydrogens is 234 g/mol. The highest BCUT2D eigenvalue weighted by atomic mass is 35.5. The van der Waals surface area contributed by atoms with E-state index in [0.29, 0.717) is 10.7 Å². The molecule has 0 spiro atoms. The number of benzene rings is 1. The van der Waals surface area contributed by atoms with Crippen LogP contribution in [-0.4, -0.2) is 11.2 Å². The molecule has 0 aliphatic carbocycles. The SMILES string of the molecule is CC(Sc1ccc(Cl)cc1N)C(=O)NN. The van der Waals surface area contributed by atoms with Crippen LogP contribution >= 0.6 is 23.4 Å². The molecule has 0 fully saturated rings. The monoisotopic (exact) mass is 245 g/mol. The number of nitrogen functional groups attached to an aromatic ring is 1. The number of halogens is 1. The van der Waals surface area contributed by atoms with Crippen molar-refractivity contribution in [3.05, 3.63) is 23.2 Å². The van der Waals surface area contributed by atoms with Crippen molar-refractivity contribution in [3.63, 3.8) is 0 Å². The van der Waals surface area contributed by atoms with Gasteiger partial charge in [0.15, 0.2) is 0 Å². The number of nitrogens with two attached hydrogens (primary N) is 2. The van der Waals surface area contributed by atoms with Gasteiger partial charge < -0.3 is 5.73 Å². The van der Waals surface area contributed by atoms with Crippen LogP contribution in [0.15, 0.2) is 23.1 Å². The summed E-state index contributed by atoms with van der Waals surface area (Å²) in [5.41, 5.74) is 8.39. The molecule has 0 bridgehead atoms. The minimum Gasteiger partial charge on any atom is -0.398 e. The van der Waals surface area contributed by atoms with Gasteiger partial charge in [-0.15, -0.1) is 11.8 Å². The Bertz CT molecular complexity index is 372. The zero-order chi connectivity index (χ0) is 11.4. The number of rotatable bonds is 3. The first-order valence-corrected chi connectivity index (χ1v) is 5.52. The summed E-state index contributed by atoms with van der Waals surface area (Å²) in [6.45, 7) is 1.75. The van der Waals surface area contributed by atoms with Gasteiger partial charge in [0.1, 0.15) is 0 Å². The number of thioether (sulfide) groups is 1. The van der Waals surface area contributed by atoms with Crippen LogP contribution in [0.3, 0.4) is 0 Å². The summed E-state index contributed by atoms with van der Waals surface area (Å²) in [7, 11) is 0. The van der Waals surface area contributed by atoms with Crippen molar-refractivity contribution >= 4 is 35.0 Å². The summed E-state index contributed by atoms with van der Waals surface area (Å²) in [4.78, 5) is 12.0. The minimum atomic E-state index is -0.293. The Morgan fingerprint density at radius 3 is 2.80 bits per heavy atom. The number of amides is 1. The molecule has 0 aliphatic rings. The third-order valence-corrected chi connectivity index (χ3v) is 3.22. The first kappa shape index (κ1) is 12.2. The molecule has 1 aromatic carbocycles. The van der Waals surface area contributed by atoms with Gasteiger partial charge in [0.25, 0.3) is 0 Å². The largest absolute Gasteiger partial charge is 0.398 e. The zero-order valence-corrected chi connectivity index (χ0v) is 9.73. The summed E-state index contributed by atoms with van der Waals surface area (Å²) in [5, 5.41) is 0.284. The highest BCUT2D eigenvalue weighted by molar-refractivity contribution is 8.00. The number of hydrazine groups is 1. The van der Waals surface area contributed by atoms with Crippen LogP contribution in [0.1, 0.15) is 6.92 Å². The molecule has 1 unspecified atom stereocenters. The first-order chi connectivity index (χ1) is 7.04. The minimum absolute atomic E-state index is 0.241. The van der Waals surface area contributed by atoms with E-state index < -0.39 is 0 Å². The summed E-state index contributed by atoms with van der Waals surface area (Å²) < 4.78 is 0. The molecule has 5 N–H and O–H groups in total. The Kier molecular flexibility index (Phi) is 4.26. The lowest BCUT2D eigenvalue weighted by Crippen LogP contribution is -2.36. The lowest BCUT2D eigenvalue weighted by Gasteiger charge is -2.11. The lowest BCUT2D eigenvalue weighted by atomic mass is 10.3. The molecule has 0 saturated carbocycles. The van der Waals surface area contributed by atoms with Gasteiger partial charge in [-0.25, -0.2) is 5.84 Å². The van der Waals surface area contributed by atoms with Crippen molar-refractivity contribution in [1.82, 2.24) is 5.43 Å². The van der Waals surface area contributed by atoms with E-state index in [2.05, 4.69) is 5.43 Å². The van der Waals surface area contributed by atoms with Gasteiger partial charge in [0.05, 0.1) is 5.25 Å².